The van der Waals surface area contributed by atoms with Gasteiger partial charge in [-0.1, -0.05) is 22.0 Å². The van der Waals surface area contributed by atoms with Crippen molar-refractivity contribution >= 4 is 26.0 Å². The van der Waals surface area contributed by atoms with Crippen molar-refractivity contribution in [2.75, 3.05) is 25.9 Å². The van der Waals surface area contributed by atoms with Gasteiger partial charge in [0.1, 0.15) is 0 Å². The Morgan fingerprint density at radius 3 is 2.75 bits per heavy atom. The minimum Gasteiger partial charge on any atom is -0.294 e. The molecule has 1 unspecified atom stereocenters. The third kappa shape index (κ3) is 2.93. The van der Waals surface area contributed by atoms with Crippen LogP contribution in [0.2, 0.25) is 0 Å². The first kappa shape index (κ1) is 14.5. The van der Waals surface area contributed by atoms with Gasteiger partial charge in [0.15, 0.2) is 0 Å². The molecule has 1 saturated heterocycles. The topological polar surface area (TPSA) is 40.6 Å². The molecule has 2 aliphatic rings. The van der Waals surface area contributed by atoms with Crippen LogP contribution in [0, 0.1) is 0 Å². The Balaban J connectivity index is 1.72. The molecule has 0 amide bonds. The van der Waals surface area contributed by atoms with Crippen molar-refractivity contribution in [3.63, 3.8) is 0 Å². The molecule has 6 heteroatoms. The first-order valence-corrected chi connectivity index (χ1v) is 9.54. The second kappa shape index (κ2) is 5.40. The van der Waals surface area contributed by atoms with E-state index >= 15 is 0 Å². The molecule has 0 spiro atoms. The molecule has 110 valence electrons. The lowest BCUT2D eigenvalue weighted by molar-refractivity contribution is 0.185. The molecule has 0 N–H and O–H groups in total. The van der Waals surface area contributed by atoms with E-state index in [9.17, 15) is 8.42 Å². The highest BCUT2D eigenvalue weighted by atomic mass is 79.9. The Bertz CT molecular complexity index is 618. The fourth-order valence-electron chi connectivity index (χ4n) is 3.17. The normalized spacial score (nSPS) is 24.8. The van der Waals surface area contributed by atoms with E-state index in [4.69, 9.17) is 0 Å². The molecule has 2 aliphatic heterocycles. The molecule has 0 radical (unpaired) electrons. The summed E-state index contributed by atoms with van der Waals surface area (Å²) in [6, 6.07) is 6.82. The minimum atomic E-state index is -3.04. The number of hydrogen-bond acceptors (Lipinski definition) is 3. The van der Waals surface area contributed by atoms with E-state index < -0.39 is 10.0 Å². The quantitative estimate of drug-likeness (QED) is 0.809. The van der Waals surface area contributed by atoms with Crippen LogP contribution in [0.25, 0.3) is 0 Å². The minimum absolute atomic E-state index is 0.358. The molecule has 0 bridgehead atoms. The molecular weight excluding hydrogens is 340 g/mol. The van der Waals surface area contributed by atoms with E-state index in [1.807, 2.05) is 0 Å². The van der Waals surface area contributed by atoms with Gasteiger partial charge in [0.05, 0.1) is 6.26 Å². The zero-order valence-electron chi connectivity index (χ0n) is 11.5. The largest absolute Gasteiger partial charge is 0.294 e. The van der Waals surface area contributed by atoms with Crippen LogP contribution in [0.4, 0.5) is 0 Å². The van der Waals surface area contributed by atoms with Crippen molar-refractivity contribution in [2.24, 2.45) is 0 Å². The lowest BCUT2D eigenvalue weighted by Gasteiger charge is -2.33. The maximum Gasteiger partial charge on any atom is 0.211 e. The van der Waals surface area contributed by atoms with Gasteiger partial charge in [-0.05, 0) is 36.1 Å². The van der Waals surface area contributed by atoms with Crippen LogP contribution in [0.3, 0.4) is 0 Å². The van der Waals surface area contributed by atoms with Gasteiger partial charge in [-0.3, -0.25) is 4.90 Å². The average Bonchev–Trinajstić information content (AvgIpc) is 2.87. The first-order chi connectivity index (χ1) is 9.43. The van der Waals surface area contributed by atoms with E-state index in [1.165, 1.54) is 17.4 Å². The highest BCUT2D eigenvalue weighted by molar-refractivity contribution is 9.10. The van der Waals surface area contributed by atoms with E-state index in [0.717, 1.165) is 30.4 Å². The Hall–Kier alpha value is -0.430. The number of hydrogen-bond donors (Lipinski definition) is 0. The zero-order valence-corrected chi connectivity index (χ0v) is 14.0. The molecule has 3 rings (SSSR count). The predicted octanol–water partition coefficient (Wildman–Crippen LogP) is 1.84. The van der Waals surface area contributed by atoms with Gasteiger partial charge in [-0.2, -0.15) is 0 Å². The summed E-state index contributed by atoms with van der Waals surface area (Å²) < 4.78 is 25.9. The number of benzene rings is 1. The summed E-state index contributed by atoms with van der Waals surface area (Å²) >= 11 is 3.52. The maximum absolute atomic E-state index is 11.6. The zero-order chi connectivity index (χ0) is 14.3. The van der Waals surface area contributed by atoms with Gasteiger partial charge in [0.2, 0.25) is 10.0 Å². The van der Waals surface area contributed by atoms with E-state index in [2.05, 4.69) is 39.0 Å². The van der Waals surface area contributed by atoms with E-state index in [1.54, 1.807) is 4.31 Å². The van der Waals surface area contributed by atoms with Gasteiger partial charge in [-0.15, -0.1) is 0 Å². The number of nitrogens with zero attached hydrogens (tertiary/aromatic N) is 2. The standard InChI is InChI=1S/C14H19BrN2O2S/c1-20(18,19)17-7-5-14(10-17)16-6-4-11-2-3-13(15)8-12(11)9-16/h2-3,8,14H,4-7,9-10H2,1H3. The molecule has 20 heavy (non-hydrogen) atoms. The molecule has 2 heterocycles. The van der Waals surface area contributed by atoms with Crippen LogP contribution in [0.5, 0.6) is 0 Å². The molecule has 1 fully saturated rings. The summed E-state index contributed by atoms with van der Waals surface area (Å²) in [5.74, 6) is 0. The smallest absolute Gasteiger partial charge is 0.211 e. The second-order valence-electron chi connectivity index (χ2n) is 5.70. The van der Waals surface area contributed by atoms with Crippen molar-refractivity contribution in [3.8, 4) is 0 Å². The fraction of sp³-hybridized carbons (Fsp3) is 0.571. The molecule has 0 saturated carbocycles. The summed E-state index contributed by atoms with van der Waals surface area (Å²) in [6.45, 7) is 3.25. The average molecular weight is 359 g/mol. The second-order valence-corrected chi connectivity index (χ2v) is 8.60. The van der Waals surface area contributed by atoms with Crippen LogP contribution in [-0.4, -0.2) is 49.6 Å². The first-order valence-electron chi connectivity index (χ1n) is 6.90. The third-order valence-electron chi connectivity index (χ3n) is 4.32. The molecule has 1 aromatic carbocycles. The van der Waals surface area contributed by atoms with Crippen LogP contribution >= 0.6 is 15.9 Å². The summed E-state index contributed by atoms with van der Waals surface area (Å²) in [5.41, 5.74) is 2.78. The summed E-state index contributed by atoms with van der Waals surface area (Å²) in [5, 5.41) is 0. The lowest BCUT2D eigenvalue weighted by atomic mass is 9.98. The maximum atomic E-state index is 11.6. The molecule has 0 aliphatic carbocycles. The van der Waals surface area contributed by atoms with Crippen LogP contribution in [-0.2, 0) is 23.0 Å². The molecule has 0 aromatic heterocycles. The van der Waals surface area contributed by atoms with Crippen LogP contribution in [0.15, 0.2) is 22.7 Å². The highest BCUT2D eigenvalue weighted by Gasteiger charge is 2.33. The molecular formula is C14H19BrN2O2S. The van der Waals surface area contributed by atoms with Gasteiger partial charge in [0.25, 0.3) is 0 Å². The number of halogens is 1. The molecule has 1 aromatic rings. The number of rotatable bonds is 2. The Kier molecular flexibility index (Phi) is 3.92. The summed E-state index contributed by atoms with van der Waals surface area (Å²) in [7, 11) is -3.04. The third-order valence-corrected chi connectivity index (χ3v) is 6.08. The summed E-state index contributed by atoms with van der Waals surface area (Å²) in [6.07, 6.45) is 3.30. The van der Waals surface area contributed by atoms with E-state index in [-0.39, 0.29) is 0 Å². The number of fused-ring (bicyclic) bond motifs is 1. The van der Waals surface area contributed by atoms with Crippen molar-refractivity contribution < 1.29 is 8.42 Å². The molecule has 1 atom stereocenters. The van der Waals surface area contributed by atoms with Gasteiger partial charge in [0, 0.05) is 36.7 Å². The predicted molar refractivity (Wildman–Crippen MR) is 83.1 cm³/mol. The van der Waals surface area contributed by atoms with Crippen molar-refractivity contribution in [1.29, 1.82) is 0 Å². The summed E-state index contributed by atoms with van der Waals surface area (Å²) in [4.78, 5) is 2.43. The van der Waals surface area contributed by atoms with Crippen molar-refractivity contribution in [3.05, 3.63) is 33.8 Å². The van der Waals surface area contributed by atoms with Gasteiger partial charge >= 0.3 is 0 Å². The van der Waals surface area contributed by atoms with E-state index in [0.29, 0.717) is 19.1 Å². The Morgan fingerprint density at radius 1 is 1.25 bits per heavy atom. The SMILES string of the molecule is CS(=O)(=O)N1CCC(N2CCc3ccc(Br)cc3C2)C1. The number of sulfonamides is 1. The monoisotopic (exact) mass is 358 g/mol. The van der Waals surface area contributed by atoms with Crippen LogP contribution in [0.1, 0.15) is 17.5 Å². The Morgan fingerprint density at radius 2 is 2.05 bits per heavy atom. The van der Waals surface area contributed by atoms with Crippen molar-refractivity contribution in [2.45, 2.75) is 25.4 Å². The Labute approximate surface area is 128 Å². The van der Waals surface area contributed by atoms with Crippen LogP contribution < -0.4 is 0 Å². The lowest BCUT2D eigenvalue weighted by Crippen LogP contribution is -2.41. The van der Waals surface area contributed by atoms with Crippen molar-refractivity contribution in [1.82, 2.24) is 9.21 Å². The molecule has 4 nitrogen and oxygen atoms in total. The highest BCUT2D eigenvalue weighted by Crippen LogP contribution is 2.27. The van der Waals surface area contributed by atoms with Gasteiger partial charge in [-0.25, -0.2) is 12.7 Å². The van der Waals surface area contributed by atoms with Gasteiger partial charge < -0.3 is 0 Å². The fourth-order valence-corrected chi connectivity index (χ4v) is 4.46.